The van der Waals surface area contributed by atoms with E-state index in [1.165, 1.54) is 25.2 Å². The average Bonchev–Trinajstić information content (AvgIpc) is 2.39. The van der Waals surface area contributed by atoms with Crippen LogP contribution in [0.25, 0.3) is 0 Å². The highest BCUT2D eigenvalue weighted by Gasteiger charge is 2.21. The third kappa shape index (κ3) is 2.55. The normalized spacial score (nSPS) is 23.9. The summed E-state index contributed by atoms with van der Waals surface area (Å²) in [5, 5.41) is 3.07. The molecular formula is C12H22N4. The lowest BCUT2D eigenvalue weighted by Gasteiger charge is -2.39. The van der Waals surface area contributed by atoms with Gasteiger partial charge in [-0.05, 0) is 13.3 Å². The van der Waals surface area contributed by atoms with Crippen LogP contribution in [0.5, 0.6) is 0 Å². The van der Waals surface area contributed by atoms with Gasteiger partial charge in [-0.1, -0.05) is 6.92 Å². The van der Waals surface area contributed by atoms with E-state index < -0.39 is 0 Å². The van der Waals surface area contributed by atoms with E-state index in [9.17, 15) is 0 Å². The quantitative estimate of drug-likeness (QED) is 0.769. The number of aliphatic imine (C=N–C) groups is 1. The first-order valence-corrected chi connectivity index (χ1v) is 6.23. The van der Waals surface area contributed by atoms with E-state index in [2.05, 4.69) is 40.2 Å². The van der Waals surface area contributed by atoms with Gasteiger partial charge in [0.05, 0.1) is 18.6 Å². The van der Waals surface area contributed by atoms with Gasteiger partial charge in [-0.3, -0.25) is 9.89 Å². The molecule has 0 amide bonds. The molecule has 0 aromatic rings. The number of hydrogen-bond donors (Lipinski definition) is 1. The summed E-state index contributed by atoms with van der Waals surface area (Å²) in [7, 11) is 0. The Balaban J connectivity index is 1.83. The Morgan fingerprint density at radius 1 is 1.38 bits per heavy atom. The summed E-state index contributed by atoms with van der Waals surface area (Å²) in [5.74, 6) is 0. The highest BCUT2D eigenvalue weighted by atomic mass is 15.3. The lowest BCUT2D eigenvalue weighted by molar-refractivity contribution is 0.119. The number of rotatable bonds is 3. The molecule has 1 saturated heterocycles. The van der Waals surface area contributed by atoms with E-state index in [0.717, 1.165) is 25.7 Å². The predicted molar refractivity (Wildman–Crippen MR) is 67.5 cm³/mol. The maximum atomic E-state index is 4.24. The number of nitrogens with one attached hydrogen (secondary N) is 1. The minimum atomic E-state index is 0.721. The zero-order chi connectivity index (χ0) is 11.4. The van der Waals surface area contributed by atoms with Crippen molar-refractivity contribution in [1.82, 2.24) is 15.1 Å². The molecule has 4 nitrogen and oxygen atoms in total. The number of nitrogens with zero attached hydrogens (tertiary/aromatic N) is 3. The standard InChI is InChI=1S/C12H22N4/c1-3-11(2)15-4-6-16(7-5-15)12-8-13-10-14-9-12/h8,10-11H,3-7,9H2,1-2H3,(H,13,14). The second-order valence-corrected chi connectivity index (χ2v) is 4.55. The molecule has 1 fully saturated rings. The second-order valence-electron chi connectivity index (χ2n) is 4.55. The van der Waals surface area contributed by atoms with Crippen molar-refractivity contribution in [3.05, 3.63) is 11.9 Å². The van der Waals surface area contributed by atoms with Gasteiger partial charge in [0.2, 0.25) is 0 Å². The van der Waals surface area contributed by atoms with Crippen LogP contribution in [0.2, 0.25) is 0 Å². The summed E-state index contributed by atoms with van der Waals surface area (Å²) in [5.41, 5.74) is 1.33. The monoisotopic (exact) mass is 222 g/mol. The van der Waals surface area contributed by atoms with E-state index in [1.807, 2.05) is 0 Å². The fourth-order valence-corrected chi connectivity index (χ4v) is 2.27. The van der Waals surface area contributed by atoms with Gasteiger partial charge in [0.1, 0.15) is 0 Å². The molecule has 1 unspecified atom stereocenters. The van der Waals surface area contributed by atoms with Crippen LogP contribution in [0.1, 0.15) is 20.3 Å². The maximum Gasteiger partial charge on any atom is 0.0868 e. The molecule has 2 heterocycles. The minimum Gasteiger partial charge on any atom is -0.370 e. The van der Waals surface area contributed by atoms with Crippen molar-refractivity contribution >= 4 is 6.34 Å². The van der Waals surface area contributed by atoms with E-state index >= 15 is 0 Å². The van der Waals surface area contributed by atoms with Crippen molar-refractivity contribution < 1.29 is 0 Å². The van der Waals surface area contributed by atoms with E-state index in [1.54, 1.807) is 6.34 Å². The van der Waals surface area contributed by atoms with Crippen LogP contribution < -0.4 is 5.32 Å². The molecule has 0 radical (unpaired) electrons. The zero-order valence-electron chi connectivity index (χ0n) is 10.3. The van der Waals surface area contributed by atoms with Crippen LogP contribution in [0.4, 0.5) is 0 Å². The molecule has 2 rings (SSSR count). The summed E-state index contributed by atoms with van der Waals surface area (Å²) in [6.45, 7) is 10.0. The first-order valence-electron chi connectivity index (χ1n) is 6.23. The summed E-state index contributed by atoms with van der Waals surface area (Å²) in [6.07, 6.45) is 5.08. The van der Waals surface area contributed by atoms with Crippen LogP contribution in [0.15, 0.2) is 16.9 Å². The molecule has 0 spiro atoms. The smallest absolute Gasteiger partial charge is 0.0868 e. The number of hydrogen-bond acceptors (Lipinski definition) is 4. The van der Waals surface area contributed by atoms with E-state index in [0.29, 0.717) is 0 Å². The Hall–Kier alpha value is -1.03. The molecule has 2 aliphatic rings. The van der Waals surface area contributed by atoms with Crippen LogP contribution in [-0.4, -0.2) is 54.9 Å². The maximum absolute atomic E-state index is 4.24. The highest BCUT2D eigenvalue weighted by Crippen LogP contribution is 2.13. The predicted octanol–water partition coefficient (Wildman–Crippen LogP) is 0.875. The first-order chi connectivity index (χ1) is 7.81. The highest BCUT2D eigenvalue weighted by molar-refractivity contribution is 5.57. The van der Waals surface area contributed by atoms with Crippen LogP contribution in [0.3, 0.4) is 0 Å². The average molecular weight is 222 g/mol. The zero-order valence-corrected chi connectivity index (χ0v) is 10.3. The lowest BCUT2D eigenvalue weighted by atomic mass is 10.2. The fraction of sp³-hybridized carbons (Fsp3) is 0.750. The topological polar surface area (TPSA) is 30.9 Å². The molecular weight excluding hydrogens is 200 g/mol. The Kier molecular flexibility index (Phi) is 3.83. The summed E-state index contributed by atoms with van der Waals surface area (Å²) in [6, 6.07) is 0.721. The summed E-state index contributed by atoms with van der Waals surface area (Å²) < 4.78 is 0. The molecule has 90 valence electrons. The minimum absolute atomic E-state index is 0.721. The van der Waals surface area contributed by atoms with Crippen molar-refractivity contribution in [2.45, 2.75) is 26.3 Å². The molecule has 1 atom stereocenters. The van der Waals surface area contributed by atoms with Gasteiger partial charge in [-0.2, -0.15) is 0 Å². The third-order valence-corrected chi connectivity index (χ3v) is 3.60. The van der Waals surface area contributed by atoms with Crippen LogP contribution in [0, 0.1) is 0 Å². The van der Waals surface area contributed by atoms with Gasteiger partial charge in [0, 0.05) is 38.4 Å². The molecule has 0 aliphatic carbocycles. The SMILES string of the molecule is CCC(C)N1CCN(C2=CNC=NC2)CC1. The molecule has 0 aromatic carbocycles. The van der Waals surface area contributed by atoms with Gasteiger partial charge in [0.25, 0.3) is 0 Å². The van der Waals surface area contributed by atoms with Crippen molar-refractivity contribution in [3.63, 3.8) is 0 Å². The third-order valence-electron chi connectivity index (χ3n) is 3.60. The Labute approximate surface area is 98.0 Å². The Morgan fingerprint density at radius 3 is 2.69 bits per heavy atom. The van der Waals surface area contributed by atoms with Crippen molar-refractivity contribution in [1.29, 1.82) is 0 Å². The second kappa shape index (κ2) is 5.34. The largest absolute Gasteiger partial charge is 0.370 e. The summed E-state index contributed by atoms with van der Waals surface area (Å²) >= 11 is 0. The molecule has 1 N–H and O–H groups in total. The molecule has 4 heteroatoms. The Morgan fingerprint density at radius 2 is 2.12 bits per heavy atom. The van der Waals surface area contributed by atoms with Crippen LogP contribution >= 0.6 is 0 Å². The molecule has 2 aliphatic heterocycles. The van der Waals surface area contributed by atoms with Gasteiger partial charge < -0.3 is 10.2 Å². The molecule has 0 saturated carbocycles. The molecule has 0 bridgehead atoms. The first kappa shape index (κ1) is 11.5. The fourth-order valence-electron chi connectivity index (χ4n) is 2.27. The van der Waals surface area contributed by atoms with Crippen molar-refractivity contribution in [2.24, 2.45) is 4.99 Å². The van der Waals surface area contributed by atoms with Gasteiger partial charge in [0.15, 0.2) is 0 Å². The van der Waals surface area contributed by atoms with Gasteiger partial charge in [-0.15, -0.1) is 0 Å². The number of piperazine rings is 1. The molecule has 16 heavy (non-hydrogen) atoms. The van der Waals surface area contributed by atoms with Gasteiger partial charge >= 0.3 is 0 Å². The van der Waals surface area contributed by atoms with Crippen molar-refractivity contribution in [2.75, 3.05) is 32.7 Å². The van der Waals surface area contributed by atoms with Crippen LogP contribution in [-0.2, 0) is 0 Å². The lowest BCUT2D eigenvalue weighted by Crippen LogP contribution is -2.49. The summed E-state index contributed by atoms with van der Waals surface area (Å²) in [4.78, 5) is 9.27. The molecule has 0 aromatic heterocycles. The van der Waals surface area contributed by atoms with E-state index in [-0.39, 0.29) is 0 Å². The van der Waals surface area contributed by atoms with Gasteiger partial charge in [-0.25, -0.2) is 0 Å². The van der Waals surface area contributed by atoms with E-state index in [4.69, 9.17) is 0 Å². The van der Waals surface area contributed by atoms with Crippen molar-refractivity contribution in [3.8, 4) is 0 Å². The Bertz CT molecular complexity index is 277.